The number of hydrogen-bond donors (Lipinski definition) is 0. The van der Waals surface area contributed by atoms with Crippen LogP contribution in [0.2, 0.25) is 0 Å². The predicted molar refractivity (Wildman–Crippen MR) is 87.6 cm³/mol. The zero-order chi connectivity index (χ0) is 15.5. The molecule has 0 N–H and O–H groups in total. The normalized spacial score (nSPS) is 18.5. The fraction of sp³-hybridized carbons (Fsp3) is 0.333. The van der Waals surface area contributed by atoms with Crippen molar-refractivity contribution in [2.24, 2.45) is 0 Å². The number of likely N-dealkylation sites (tertiary alicyclic amines) is 1. The van der Waals surface area contributed by atoms with Crippen molar-refractivity contribution in [1.29, 1.82) is 0 Å². The summed E-state index contributed by atoms with van der Waals surface area (Å²) in [7, 11) is 0. The van der Waals surface area contributed by atoms with Gasteiger partial charge in [0.25, 0.3) is 0 Å². The molecule has 118 valence electrons. The van der Waals surface area contributed by atoms with E-state index in [0.29, 0.717) is 6.04 Å². The van der Waals surface area contributed by atoms with Gasteiger partial charge >= 0.3 is 0 Å². The van der Waals surface area contributed by atoms with Gasteiger partial charge in [0.05, 0.1) is 19.3 Å². The lowest BCUT2D eigenvalue weighted by Gasteiger charge is -2.22. The SMILES string of the molecule is c1ccc(-c2cnc(CN3CCC[C@@H]3Cn3cccn3)o2)cc1. The first-order valence-corrected chi connectivity index (χ1v) is 8.10. The van der Waals surface area contributed by atoms with E-state index in [1.807, 2.05) is 59.7 Å². The number of nitrogens with zero attached hydrogens (tertiary/aromatic N) is 4. The Morgan fingerprint density at radius 2 is 2.09 bits per heavy atom. The monoisotopic (exact) mass is 308 g/mol. The van der Waals surface area contributed by atoms with Crippen LogP contribution in [-0.2, 0) is 13.1 Å². The summed E-state index contributed by atoms with van der Waals surface area (Å²) in [5.74, 6) is 1.62. The van der Waals surface area contributed by atoms with Gasteiger partial charge in [-0.15, -0.1) is 0 Å². The highest BCUT2D eigenvalue weighted by molar-refractivity contribution is 5.55. The van der Waals surface area contributed by atoms with Crippen LogP contribution in [0.5, 0.6) is 0 Å². The summed E-state index contributed by atoms with van der Waals surface area (Å²) in [6.07, 6.45) is 8.10. The molecule has 0 amide bonds. The maximum Gasteiger partial charge on any atom is 0.209 e. The van der Waals surface area contributed by atoms with Crippen molar-refractivity contribution < 1.29 is 4.42 Å². The Balaban J connectivity index is 1.44. The summed E-state index contributed by atoms with van der Waals surface area (Å²) >= 11 is 0. The van der Waals surface area contributed by atoms with E-state index in [-0.39, 0.29) is 0 Å². The van der Waals surface area contributed by atoms with Crippen LogP contribution in [0.15, 0.2) is 59.4 Å². The number of oxazole rings is 1. The first-order valence-electron chi connectivity index (χ1n) is 8.10. The van der Waals surface area contributed by atoms with Crippen LogP contribution >= 0.6 is 0 Å². The molecule has 1 aliphatic heterocycles. The minimum Gasteiger partial charge on any atom is -0.439 e. The van der Waals surface area contributed by atoms with E-state index in [0.717, 1.165) is 36.8 Å². The Morgan fingerprint density at radius 3 is 2.91 bits per heavy atom. The van der Waals surface area contributed by atoms with Gasteiger partial charge in [-0.1, -0.05) is 30.3 Å². The lowest BCUT2D eigenvalue weighted by molar-refractivity contribution is 0.200. The van der Waals surface area contributed by atoms with Crippen molar-refractivity contribution >= 4 is 0 Å². The molecule has 0 aliphatic carbocycles. The molecule has 5 heteroatoms. The van der Waals surface area contributed by atoms with Crippen LogP contribution in [0.25, 0.3) is 11.3 Å². The van der Waals surface area contributed by atoms with Crippen LogP contribution in [0.1, 0.15) is 18.7 Å². The van der Waals surface area contributed by atoms with Gasteiger partial charge in [-0.3, -0.25) is 9.58 Å². The molecule has 23 heavy (non-hydrogen) atoms. The Kier molecular flexibility index (Phi) is 3.94. The molecule has 3 heterocycles. The zero-order valence-corrected chi connectivity index (χ0v) is 13.0. The second kappa shape index (κ2) is 6.38. The van der Waals surface area contributed by atoms with Crippen molar-refractivity contribution in [2.75, 3.05) is 6.54 Å². The van der Waals surface area contributed by atoms with Crippen LogP contribution in [0, 0.1) is 0 Å². The Hall–Kier alpha value is -2.40. The van der Waals surface area contributed by atoms with Gasteiger partial charge in [-0.05, 0) is 25.5 Å². The van der Waals surface area contributed by atoms with Gasteiger partial charge < -0.3 is 4.42 Å². The minimum atomic E-state index is 0.502. The van der Waals surface area contributed by atoms with Crippen molar-refractivity contribution in [2.45, 2.75) is 32.0 Å². The molecule has 1 aromatic carbocycles. The molecule has 0 unspecified atom stereocenters. The van der Waals surface area contributed by atoms with E-state index >= 15 is 0 Å². The molecule has 5 nitrogen and oxygen atoms in total. The maximum absolute atomic E-state index is 5.94. The Labute approximate surface area is 135 Å². The summed E-state index contributed by atoms with van der Waals surface area (Å²) in [5, 5.41) is 4.32. The smallest absolute Gasteiger partial charge is 0.209 e. The molecule has 1 atom stereocenters. The average Bonchev–Trinajstić information content (AvgIpc) is 3.33. The lowest BCUT2D eigenvalue weighted by Crippen LogP contribution is -2.32. The van der Waals surface area contributed by atoms with Crippen molar-refractivity contribution in [3.8, 4) is 11.3 Å². The topological polar surface area (TPSA) is 47.1 Å². The van der Waals surface area contributed by atoms with Crippen LogP contribution in [0.3, 0.4) is 0 Å². The molecule has 0 radical (unpaired) electrons. The average molecular weight is 308 g/mol. The molecule has 1 saturated heterocycles. The summed E-state index contributed by atoms with van der Waals surface area (Å²) in [6.45, 7) is 2.78. The first-order chi connectivity index (χ1) is 11.4. The van der Waals surface area contributed by atoms with E-state index in [4.69, 9.17) is 4.42 Å². The molecule has 1 fully saturated rings. The third kappa shape index (κ3) is 3.19. The summed E-state index contributed by atoms with van der Waals surface area (Å²) in [6, 6.07) is 12.6. The Morgan fingerprint density at radius 1 is 1.17 bits per heavy atom. The quantitative estimate of drug-likeness (QED) is 0.726. The largest absolute Gasteiger partial charge is 0.439 e. The van der Waals surface area contributed by atoms with E-state index in [1.54, 1.807) is 0 Å². The number of benzene rings is 1. The summed E-state index contributed by atoms with van der Waals surface area (Å²) in [4.78, 5) is 6.90. The van der Waals surface area contributed by atoms with Gasteiger partial charge in [0.2, 0.25) is 5.89 Å². The van der Waals surface area contributed by atoms with Crippen LogP contribution in [0.4, 0.5) is 0 Å². The lowest BCUT2D eigenvalue weighted by atomic mass is 10.2. The fourth-order valence-corrected chi connectivity index (χ4v) is 3.23. The fourth-order valence-electron chi connectivity index (χ4n) is 3.23. The third-order valence-electron chi connectivity index (χ3n) is 4.41. The Bertz CT molecular complexity index is 735. The maximum atomic E-state index is 5.94. The molecule has 2 aromatic heterocycles. The van der Waals surface area contributed by atoms with Crippen LogP contribution in [-0.4, -0.2) is 32.3 Å². The number of aromatic nitrogens is 3. The van der Waals surface area contributed by atoms with Crippen molar-refractivity contribution in [3.05, 3.63) is 60.9 Å². The van der Waals surface area contributed by atoms with Crippen LogP contribution < -0.4 is 0 Å². The highest BCUT2D eigenvalue weighted by Gasteiger charge is 2.26. The molecule has 3 aromatic rings. The second-order valence-corrected chi connectivity index (χ2v) is 5.98. The zero-order valence-electron chi connectivity index (χ0n) is 13.0. The van der Waals surface area contributed by atoms with Gasteiger partial charge in [0, 0.05) is 24.0 Å². The second-order valence-electron chi connectivity index (χ2n) is 5.98. The molecular weight excluding hydrogens is 288 g/mol. The van der Waals surface area contributed by atoms with E-state index in [1.165, 1.54) is 12.8 Å². The van der Waals surface area contributed by atoms with Gasteiger partial charge in [-0.25, -0.2) is 4.98 Å². The van der Waals surface area contributed by atoms with E-state index in [9.17, 15) is 0 Å². The molecule has 0 saturated carbocycles. The van der Waals surface area contributed by atoms with E-state index in [2.05, 4.69) is 15.0 Å². The highest BCUT2D eigenvalue weighted by atomic mass is 16.4. The van der Waals surface area contributed by atoms with Crippen molar-refractivity contribution in [3.63, 3.8) is 0 Å². The number of hydrogen-bond acceptors (Lipinski definition) is 4. The number of rotatable bonds is 5. The van der Waals surface area contributed by atoms with E-state index < -0.39 is 0 Å². The standard InChI is InChI=1S/C18H20N4O/c1-2-6-15(7-3-1)17-12-19-18(23-17)14-21-10-4-8-16(21)13-22-11-5-9-20-22/h1-3,5-7,9,11-12,16H,4,8,10,13-14H2/t16-/m1/s1. The van der Waals surface area contributed by atoms with Crippen molar-refractivity contribution in [1.82, 2.24) is 19.7 Å². The molecule has 1 aliphatic rings. The molecule has 4 rings (SSSR count). The molecule has 0 spiro atoms. The third-order valence-corrected chi connectivity index (χ3v) is 4.41. The first kappa shape index (κ1) is 14.2. The minimum absolute atomic E-state index is 0.502. The summed E-state index contributed by atoms with van der Waals surface area (Å²) in [5.41, 5.74) is 1.07. The predicted octanol–water partition coefficient (Wildman–Crippen LogP) is 3.20. The highest BCUT2D eigenvalue weighted by Crippen LogP contribution is 2.24. The molecular formula is C18H20N4O. The van der Waals surface area contributed by atoms with Gasteiger partial charge in [-0.2, -0.15) is 5.10 Å². The summed E-state index contributed by atoms with van der Waals surface area (Å²) < 4.78 is 7.95. The van der Waals surface area contributed by atoms with Gasteiger partial charge in [0.15, 0.2) is 5.76 Å². The van der Waals surface area contributed by atoms with Gasteiger partial charge in [0.1, 0.15) is 0 Å². The molecule has 0 bridgehead atoms.